The number of rotatable bonds is 8. The van der Waals surface area contributed by atoms with E-state index in [0.717, 1.165) is 0 Å². The van der Waals surface area contributed by atoms with Crippen LogP contribution in [0.4, 0.5) is 0 Å². The van der Waals surface area contributed by atoms with Crippen LogP contribution < -0.4 is 0 Å². The summed E-state index contributed by atoms with van der Waals surface area (Å²) in [6, 6.07) is 0. The molecule has 0 radical (unpaired) electrons. The number of ketones is 2. The molecule has 0 saturated heterocycles. The lowest BCUT2D eigenvalue weighted by Crippen LogP contribution is -2.27. The molecule has 17 heavy (non-hydrogen) atoms. The SMILES string of the molecule is CC(=O)CC(C)=O.CCO[SiH](OCC)OCC. The summed E-state index contributed by atoms with van der Waals surface area (Å²) >= 11 is 0. The Morgan fingerprint density at radius 3 is 1.24 bits per heavy atom. The Hall–Kier alpha value is -0.563. The molecule has 0 atom stereocenters. The van der Waals surface area contributed by atoms with Gasteiger partial charge in [0.25, 0.3) is 0 Å². The van der Waals surface area contributed by atoms with Crippen molar-refractivity contribution in [3.05, 3.63) is 0 Å². The molecule has 0 aromatic rings. The zero-order valence-corrected chi connectivity index (χ0v) is 12.6. The summed E-state index contributed by atoms with van der Waals surface area (Å²) in [6.07, 6.45) is 0.0833. The predicted molar refractivity (Wildman–Crippen MR) is 68.0 cm³/mol. The summed E-state index contributed by atoms with van der Waals surface area (Å²) in [7, 11) is -1.73. The molecule has 0 bridgehead atoms. The molecule has 0 aromatic heterocycles. The van der Waals surface area contributed by atoms with Crippen LogP contribution in [0.5, 0.6) is 0 Å². The second-order valence-corrected chi connectivity index (χ2v) is 4.81. The van der Waals surface area contributed by atoms with E-state index in [1.54, 1.807) is 0 Å². The summed E-state index contributed by atoms with van der Waals surface area (Å²) in [4.78, 5) is 20.1. The Balaban J connectivity index is 0. The third kappa shape index (κ3) is 18.0. The molecular weight excluding hydrogens is 240 g/mol. The zero-order chi connectivity index (χ0) is 13.7. The van der Waals surface area contributed by atoms with Crippen LogP contribution in [-0.2, 0) is 22.9 Å². The van der Waals surface area contributed by atoms with Crippen LogP contribution in [-0.4, -0.2) is 40.9 Å². The van der Waals surface area contributed by atoms with Crippen molar-refractivity contribution in [2.75, 3.05) is 19.8 Å². The summed E-state index contributed by atoms with van der Waals surface area (Å²) in [5, 5.41) is 0. The van der Waals surface area contributed by atoms with Gasteiger partial charge in [-0.25, -0.2) is 0 Å². The van der Waals surface area contributed by atoms with E-state index >= 15 is 0 Å². The fourth-order valence-corrected chi connectivity index (χ4v) is 2.01. The lowest BCUT2D eigenvalue weighted by molar-refractivity contribution is -0.124. The first-order valence-corrected chi connectivity index (χ1v) is 7.22. The van der Waals surface area contributed by atoms with E-state index in [9.17, 15) is 9.59 Å². The van der Waals surface area contributed by atoms with Crippen molar-refractivity contribution in [1.82, 2.24) is 0 Å². The Labute approximate surface area is 105 Å². The molecule has 0 saturated carbocycles. The fourth-order valence-electron chi connectivity index (χ4n) is 0.903. The van der Waals surface area contributed by atoms with Crippen molar-refractivity contribution >= 4 is 21.1 Å². The molecule has 0 spiro atoms. The van der Waals surface area contributed by atoms with Gasteiger partial charge in [-0.1, -0.05) is 0 Å². The zero-order valence-electron chi connectivity index (χ0n) is 11.4. The van der Waals surface area contributed by atoms with E-state index in [0.29, 0.717) is 19.8 Å². The van der Waals surface area contributed by atoms with Crippen molar-refractivity contribution in [3.63, 3.8) is 0 Å². The minimum atomic E-state index is -1.73. The lowest BCUT2D eigenvalue weighted by atomic mass is 10.2. The van der Waals surface area contributed by atoms with Gasteiger partial charge in [0.15, 0.2) is 0 Å². The topological polar surface area (TPSA) is 61.8 Å². The molecule has 0 aliphatic heterocycles. The smallest absolute Gasteiger partial charge is 0.376 e. The van der Waals surface area contributed by atoms with Crippen molar-refractivity contribution in [2.24, 2.45) is 0 Å². The second-order valence-electron chi connectivity index (χ2n) is 3.24. The van der Waals surface area contributed by atoms with Gasteiger partial charge in [-0.2, -0.15) is 0 Å². The Morgan fingerprint density at radius 1 is 0.824 bits per heavy atom. The van der Waals surface area contributed by atoms with Gasteiger partial charge in [-0.15, -0.1) is 0 Å². The molecule has 5 nitrogen and oxygen atoms in total. The number of carbonyl (C=O) groups excluding carboxylic acids is 2. The minimum absolute atomic E-state index is 0.0625. The summed E-state index contributed by atoms with van der Waals surface area (Å²) in [5.41, 5.74) is 0. The first-order valence-electron chi connectivity index (χ1n) is 5.81. The van der Waals surface area contributed by atoms with Crippen LogP contribution in [0.15, 0.2) is 0 Å². The highest BCUT2D eigenvalue weighted by atomic mass is 28.3. The van der Waals surface area contributed by atoms with Crippen molar-refractivity contribution in [1.29, 1.82) is 0 Å². The van der Waals surface area contributed by atoms with Gasteiger partial charge in [0.05, 0.1) is 6.42 Å². The standard InChI is InChI=1S/C6H16O3Si.C5H8O2/c1-4-7-10(8-5-2)9-6-3;1-4(6)3-5(2)7/h10H,4-6H2,1-3H3;3H2,1-2H3. The summed E-state index contributed by atoms with van der Waals surface area (Å²) < 4.78 is 15.7. The van der Waals surface area contributed by atoms with Crippen LogP contribution in [0.2, 0.25) is 0 Å². The van der Waals surface area contributed by atoms with E-state index < -0.39 is 9.53 Å². The van der Waals surface area contributed by atoms with Gasteiger partial charge in [0.2, 0.25) is 0 Å². The molecular formula is C11H24O5Si. The van der Waals surface area contributed by atoms with E-state index in [2.05, 4.69) is 0 Å². The van der Waals surface area contributed by atoms with E-state index in [4.69, 9.17) is 13.3 Å². The molecule has 0 unspecified atom stereocenters. The highest BCUT2D eigenvalue weighted by Gasteiger charge is 2.11. The molecule has 0 fully saturated rings. The van der Waals surface area contributed by atoms with Crippen molar-refractivity contribution < 1.29 is 22.9 Å². The Morgan fingerprint density at radius 2 is 1.12 bits per heavy atom. The van der Waals surface area contributed by atoms with Gasteiger partial charge in [-0.3, -0.25) is 9.59 Å². The minimum Gasteiger partial charge on any atom is -0.376 e. The summed E-state index contributed by atoms with van der Waals surface area (Å²) in [5.74, 6) is -0.125. The van der Waals surface area contributed by atoms with E-state index in [1.807, 2.05) is 20.8 Å². The van der Waals surface area contributed by atoms with E-state index in [1.165, 1.54) is 13.8 Å². The third-order valence-corrected chi connectivity index (χ3v) is 3.22. The maximum absolute atomic E-state index is 10.0. The van der Waals surface area contributed by atoms with Gasteiger partial charge < -0.3 is 13.3 Å². The molecule has 0 amide bonds. The molecule has 0 N–H and O–H groups in total. The van der Waals surface area contributed by atoms with Gasteiger partial charge in [0, 0.05) is 19.8 Å². The maximum Gasteiger partial charge on any atom is 0.484 e. The van der Waals surface area contributed by atoms with Crippen LogP contribution in [0, 0.1) is 0 Å². The van der Waals surface area contributed by atoms with Crippen LogP contribution >= 0.6 is 0 Å². The average Bonchev–Trinajstić information content (AvgIpc) is 2.17. The third-order valence-electron chi connectivity index (χ3n) is 1.41. The highest BCUT2D eigenvalue weighted by molar-refractivity contribution is 6.36. The van der Waals surface area contributed by atoms with Gasteiger partial charge >= 0.3 is 9.53 Å². The number of carbonyl (C=O) groups is 2. The molecule has 6 heteroatoms. The second kappa shape index (κ2) is 13.5. The largest absolute Gasteiger partial charge is 0.484 e. The molecule has 0 aliphatic carbocycles. The fraction of sp³-hybridized carbons (Fsp3) is 0.818. The molecule has 0 heterocycles. The maximum atomic E-state index is 10.0. The molecule has 0 aliphatic rings. The van der Waals surface area contributed by atoms with E-state index in [-0.39, 0.29) is 18.0 Å². The number of hydrogen-bond donors (Lipinski definition) is 0. The van der Waals surface area contributed by atoms with Crippen LogP contribution in [0.3, 0.4) is 0 Å². The Bertz CT molecular complexity index is 182. The monoisotopic (exact) mass is 264 g/mol. The molecule has 102 valence electrons. The molecule has 0 aromatic carbocycles. The first-order chi connectivity index (χ1) is 7.97. The Kier molecular flexibility index (Phi) is 14.9. The number of Topliss-reactive ketones (excluding diaryl/α,β-unsaturated/α-hetero) is 2. The predicted octanol–water partition coefficient (Wildman–Crippen LogP) is 1.37. The van der Waals surface area contributed by atoms with Gasteiger partial charge in [-0.05, 0) is 34.6 Å². The van der Waals surface area contributed by atoms with Gasteiger partial charge in [0.1, 0.15) is 11.6 Å². The quantitative estimate of drug-likeness (QED) is 0.489. The number of hydrogen-bond acceptors (Lipinski definition) is 5. The van der Waals surface area contributed by atoms with Crippen LogP contribution in [0.1, 0.15) is 41.0 Å². The molecule has 0 rings (SSSR count). The van der Waals surface area contributed by atoms with Crippen molar-refractivity contribution in [3.8, 4) is 0 Å². The highest BCUT2D eigenvalue weighted by Crippen LogP contribution is 1.91. The summed E-state index contributed by atoms with van der Waals surface area (Å²) in [6.45, 7) is 10.7. The first kappa shape index (κ1) is 18.8. The average molecular weight is 264 g/mol. The normalized spacial score (nSPS) is 9.76. The van der Waals surface area contributed by atoms with Crippen LogP contribution in [0.25, 0.3) is 0 Å². The lowest BCUT2D eigenvalue weighted by Gasteiger charge is -2.12. The van der Waals surface area contributed by atoms with Crippen molar-refractivity contribution in [2.45, 2.75) is 41.0 Å².